The molecule has 2 aliphatic rings. The number of carbonyl (C=O) groups excluding carboxylic acids is 2. The zero-order valence-electron chi connectivity index (χ0n) is 20.2. The van der Waals surface area contributed by atoms with Crippen LogP contribution in [0.5, 0.6) is 17.2 Å². The van der Waals surface area contributed by atoms with Crippen molar-refractivity contribution in [1.82, 2.24) is 4.90 Å². The minimum absolute atomic E-state index is 0.0290. The predicted octanol–water partition coefficient (Wildman–Crippen LogP) is 5.63. The molecule has 1 saturated carbocycles. The quantitative estimate of drug-likeness (QED) is 0.410. The second-order valence-corrected chi connectivity index (χ2v) is 9.33. The van der Waals surface area contributed by atoms with E-state index < -0.39 is 23.5 Å². The number of hydrogen-bond acceptors (Lipinski definition) is 7. The third-order valence-electron chi connectivity index (χ3n) is 6.92. The first-order valence-corrected chi connectivity index (χ1v) is 12.0. The Bertz CT molecular complexity index is 1390. The molecule has 2 heterocycles. The molecule has 1 aliphatic carbocycles. The van der Waals surface area contributed by atoms with Gasteiger partial charge >= 0.3 is 0 Å². The number of nitrogens with zero attached hydrogens (tertiary/aromatic N) is 1. The van der Waals surface area contributed by atoms with E-state index in [1.54, 1.807) is 41.3 Å². The smallest absolute Gasteiger partial charge is 0.290 e. The fourth-order valence-electron chi connectivity index (χ4n) is 5.25. The van der Waals surface area contributed by atoms with Gasteiger partial charge in [-0.1, -0.05) is 30.5 Å². The zero-order valence-corrected chi connectivity index (χ0v) is 20.9. The molecular formula is C27H26ClNO7. The molecule has 36 heavy (non-hydrogen) atoms. The van der Waals surface area contributed by atoms with E-state index in [9.17, 15) is 14.7 Å². The average molecular weight is 512 g/mol. The minimum atomic E-state index is -0.813. The molecule has 1 amide bonds. The van der Waals surface area contributed by atoms with Crippen molar-refractivity contribution in [2.45, 2.75) is 37.8 Å². The Morgan fingerprint density at radius 3 is 2.36 bits per heavy atom. The largest absolute Gasteiger partial charge is 0.503 e. The lowest BCUT2D eigenvalue weighted by molar-refractivity contribution is -0.131. The molecular weight excluding hydrogens is 486 g/mol. The number of furan rings is 1. The molecule has 8 nitrogen and oxygen atoms in total. The minimum Gasteiger partial charge on any atom is -0.503 e. The van der Waals surface area contributed by atoms with Crippen molar-refractivity contribution in [2.24, 2.45) is 0 Å². The maximum Gasteiger partial charge on any atom is 0.290 e. The number of fused-ring (bicyclic) bond motifs is 1. The topological polar surface area (TPSA) is 98.4 Å². The molecule has 1 atom stereocenters. The van der Waals surface area contributed by atoms with Crippen LogP contribution in [0.2, 0.25) is 5.02 Å². The highest BCUT2D eigenvalue weighted by molar-refractivity contribution is 6.31. The van der Waals surface area contributed by atoms with Gasteiger partial charge < -0.3 is 28.6 Å². The van der Waals surface area contributed by atoms with Crippen LogP contribution >= 0.6 is 11.6 Å². The van der Waals surface area contributed by atoms with Crippen molar-refractivity contribution >= 4 is 34.3 Å². The SMILES string of the molecule is COc1ccc(C2C(C(=O)c3cc4cc(Cl)cc(OC)c4o3)=C(O)C(=O)N2C2CCCC2)cc1OC. The molecule has 9 heteroatoms. The van der Waals surface area contributed by atoms with E-state index in [4.69, 9.17) is 30.2 Å². The molecule has 0 spiro atoms. The van der Waals surface area contributed by atoms with E-state index in [2.05, 4.69) is 0 Å². The second-order valence-electron chi connectivity index (χ2n) is 8.90. The van der Waals surface area contributed by atoms with Crippen LogP contribution in [0, 0.1) is 0 Å². The average Bonchev–Trinajstić information content (AvgIpc) is 3.61. The summed E-state index contributed by atoms with van der Waals surface area (Å²) < 4.78 is 22.1. The molecule has 188 valence electrons. The summed E-state index contributed by atoms with van der Waals surface area (Å²) in [6.45, 7) is 0. The first-order chi connectivity index (χ1) is 17.4. The second kappa shape index (κ2) is 9.43. The van der Waals surface area contributed by atoms with Crippen molar-refractivity contribution < 1.29 is 33.3 Å². The van der Waals surface area contributed by atoms with Gasteiger partial charge in [-0.05, 0) is 42.7 Å². The lowest BCUT2D eigenvalue weighted by atomic mass is 9.93. The highest BCUT2D eigenvalue weighted by atomic mass is 35.5. The van der Waals surface area contributed by atoms with E-state index in [-0.39, 0.29) is 17.4 Å². The predicted molar refractivity (Wildman–Crippen MR) is 133 cm³/mol. The van der Waals surface area contributed by atoms with Crippen molar-refractivity contribution in [2.75, 3.05) is 21.3 Å². The fraction of sp³-hybridized carbons (Fsp3) is 0.333. The Labute approximate surface area is 213 Å². The van der Waals surface area contributed by atoms with E-state index in [1.165, 1.54) is 21.3 Å². The van der Waals surface area contributed by atoms with Crippen LogP contribution in [-0.2, 0) is 4.79 Å². The van der Waals surface area contributed by atoms with Gasteiger partial charge in [0.2, 0.25) is 5.78 Å². The van der Waals surface area contributed by atoms with Crippen LogP contribution in [0.1, 0.15) is 47.8 Å². The third-order valence-corrected chi connectivity index (χ3v) is 7.14. The summed E-state index contributed by atoms with van der Waals surface area (Å²) >= 11 is 6.18. The maximum atomic E-state index is 13.9. The van der Waals surface area contributed by atoms with Crippen LogP contribution < -0.4 is 14.2 Å². The molecule has 0 radical (unpaired) electrons. The van der Waals surface area contributed by atoms with Gasteiger partial charge in [-0.25, -0.2) is 0 Å². The summed E-state index contributed by atoms with van der Waals surface area (Å²) in [5, 5.41) is 12.0. The molecule has 0 bridgehead atoms. The van der Waals surface area contributed by atoms with E-state index in [0.29, 0.717) is 38.8 Å². The maximum absolute atomic E-state index is 13.9. The van der Waals surface area contributed by atoms with Crippen LogP contribution in [0.4, 0.5) is 0 Å². The number of ether oxygens (including phenoxy) is 3. The number of aliphatic hydroxyl groups excluding tert-OH is 1. The number of hydrogen-bond donors (Lipinski definition) is 1. The van der Waals surface area contributed by atoms with Crippen molar-refractivity contribution in [3.05, 3.63) is 64.1 Å². The van der Waals surface area contributed by atoms with Crippen LogP contribution in [0.3, 0.4) is 0 Å². The number of carbonyl (C=O) groups is 2. The van der Waals surface area contributed by atoms with Crippen LogP contribution in [0.15, 0.2) is 52.1 Å². The number of methoxy groups -OCH3 is 3. The Morgan fingerprint density at radius 1 is 1.00 bits per heavy atom. The summed E-state index contributed by atoms with van der Waals surface area (Å²) in [4.78, 5) is 28.8. The van der Waals surface area contributed by atoms with Gasteiger partial charge in [0.1, 0.15) is 0 Å². The van der Waals surface area contributed by atoms with Gasteiger partial charge in [-0.15, -0.1) is 0 Å². The number of benzene rings is 2. The number of Topliss-reactive ketones (excluding diaryl/α,β-unsaturated/α-hetero) is 1. The number of ketones is 1. The standard InChI is InChI=1S/C27H26ClNO7/c1-33-18-9-8-14(11-19(18)34-2)23-22(25(31)27(32)29(23)17-6-4-5-7-17)24(30)20-12-15-10-16(28)13-21(35-3)26(15)36-20/h8-13,17,23,31H,4-7H2,1-3H3. The van der Waals surface area contributed by atoms with E-state index in [1.807, 2.05) is 0 Å². The molecule has 1 N–H and O–H groups in total. The fourth-order valence-corrected chi connectivity index (χ4v) is 5.46. The number of aliphatic hydroxyl groups is 1. The Hall–Kier alpha value is -3.65. The lowest BCUT2D eigenvalue weighted by Gasteiger charge is -2.32. The normalized spacial score (nSPS) is 18.4. The van der Waals surface area contributed by atoms with Gasteiger partial charge in [0.15, 0.2) is 34.4 Å². The molecule has 1 fully saturated rings. The highest BCUT2D eigenvalue weighted by Crippen LogP contribution is 2.45. The summed E-state index contributed by atoms with van der Waals surface area (Å²) in [5.74, 6) is -0.412. The van der Waals surface area contributed by atoms with Crippen LogP contribution in [0.25, 0.3) is 11.0 Å². The molecule has 2 aromatic carbocycles. The highest BCUT2D eigenvalue weighted by Gasteiger charge is 2.48. The monoisotopic (exact) mass is 511 g/mol. The van der Waals surface area contributed by atoms with Gasteiger partial charge in [0.25, 0.3) is 5.91 Å². The third kappa shape index (κ3) is 3.86. The molecule has 0 saturated heterocycles. The van der Waals surface area contributed by atoms with Gasteiger partial charge in [-0.2, -0.15) is 0 Å². The molecule has 5 rings (SSSR count). The number of rotatable bonds is 7. The first-order valence-electron chi connectivity index (χ1n) is 11.7. The zero-order chi connectivity index (χ0) is 25.6. The molecule has 1 aromatic heterocycles. The van der Waals surface area contributed by atoms with Crippen LogP contribution in [-0.4, -0.2) is 49.1 Å². The Kier molecular flexibility index (Phi) is 6.30. The van der Waals surface area contributed by atoms with Crippen molar-refractivity contribution in [1.29, 1.82) is 0 Å². The Morgan fingerprint density at radius 2 is 1.69 bits per heavy atom. The van der Waals surface area contributed by atoms with Crippen molar-refractivity contribution in [3.8, 4) is 17.2 Å². The summed E-state index contributed by atoms with van der Waals surface area (Å²) in [6.07, 6.45) is 3.54. The van der Waals surface area contributed by atoms with Gasteiger partial charge in [-0.3, -0.25) is 9.59 Å². The summed E-state index contributed by atoms with van der Waals surface area (Å²) in [5.41, 5.74) is 0.935. The van der Waals surface area contributed by atoms with Crippen molar-refractivity contribution in [3.63, 3.8) is 0 Å². The Balaban J connectivity index is 1.64. The molecule has 1 unspecified atom stereocenters. The summed E-state index contributed by atoms with van der Waals surface area (Å²) in [6, 6.07) is 9.10. The first kappa shape index (κ1) is 24.1. The summed E-state index contributed by atoms with van der Waals surface area (Å²) in [7, 11) is 4.53. The molecule has 3 aromatic rings. The number of amides is 1. The van der Waals surface area contributed by atoms with Gasteiger partial charge in [0.05, 0.1) is 32.9 Å². The number of halogens is 1. The van der Waals surface area contributed by atoms with E-state index in [0.717, 1.165) is 25.7 Å². The lowest BCUT2D eigenvalue weighted by Crippen LogP contribution is -2.38. The molecule has 1 aliphatic heterocycles. The van der Waals surface area contributed by atoms with E-state index >= 15 is 0 Å². The van der Waals surface area contributed by atoms with Gasteiger partial charge in [0, 0.05) is 22.5 Å².